The fraction of sp³-hybridized carbons (Fsp3) is 0.545. The van der Waals surface area contributed by atoms with Crippen LogP contribution in [-0.2, 0) is 4.74 Å². The van der Waals surface area contributed by atoms with Crippen LogP contribution in [0.5, 0.6) is 0 Å². The van der Waals surface area contributed by atoms with Crippen LogP contribution in [0.2, 0.25) is 5.28 Å². The van der Waals surface area contributed by atoms with Crippen LogP contribution in [0, 0.1) is 0 Å². The van der Waals surface area contributed by atoms with E-state index in [9.17, 15) is 0 Å². The van der Waals surface area contributed by atoms with Gasteiger partial charge in [-0.25, -0.2) is 4.98 Å². The van der Waals surface area contributed by atoms with Crippen molar-refractivity contribution in [2.45, 2.75) is 25.5 Å². The Morgan fingerprint density at radius 1 is 1.44 bits per heavy atom. The van der Waals surface area contributed by atoms with E-state index in [0.717, 1.165) is 31.4 Å². The Balaban J connectivity index is 2.10. The Morgan fingerprint density at radius 3 is 3.06 bits per heavy atom. The number of ether oxygens (including phenoxy) is 1. The van der Waals surface area contributed by atoms with Gasteiger partial charge in [-0.1, -0.05) is 0 Å². The molecule has 0 spiro atoms. The van der Waals surface area contributed by atoms with E-state index in [1.807, 2.05) is 4.57 Å². The van der Waals surface area contributed by atoms with Crippen LogP contribution < -0.4 is 5.32 Å². The normalized spacial score (nSPS) is 20.2. The molecule has 0 amide bonds. The van der Waals surface area contributed by atoms with Crippen molar-refractivity contribution >= 4 is 28.6 Å². The highest BCUT2D eigenvalue weighted by atomic mass is 35.5. The number of hydrogen-bond acceptors (Lipinski definition) is 5. The Labute approximate surface area is 109 Å². The van der Waals surface area contributed by atoms with E-state index in [1.165, 1.54) is 0 Å². The first-order valence-corrected chi connectivity index (χ1v) is 6.37. The first-order valence-electron chi connectivity index (χ1n) is 5.99. The number of nitrogens with zero attached hydrogens (tertiary/aromatic N) is 4. The summed E-state index contributed by atoms with van der Waals surface area (Å²) >= 11 is 5.93. The topological polar surface area (TPSA) is 64.9 Å². The summed E-state index contributed by atoms with van der Waals surface area (Å²) in [5, 5.41) is 3.19. The molecule has 1 aliphatic heterocycles. The summed E-state index contributed by atoms with van der Waals surface area (Å²) in [6, 6.07) is 0. The summed E-state index contributed by atoms with van der Waals surface area (Å²) in [7, 11) is 1.79. The lowest BCUT2D eigenvalue weighted by Gasteiger charge is -2.23. The summed E-state index contributed by atoms with van der Waals surface area (Å²) < 4.78 is 7.68. The van der Waals surface area contributed by atoms with Gasteiger partial charge in [-0.15, -0.1) is 0 Å². The average molecular weight is 268 g/mol. The molecule has 0 aromatic carbocycles. The van der Waals surface area contributed by atoms with Crippen molar-refractivity contribution in [3.63, 3.8) is 0 Å². The van der Waals surface area contributed by atoms with Crippen molar-refractivity contribution in [1.82, 2.24) is 19.5 Å². The maximum Gasteiger partial charge on any atom is 0.226 e. The van der Waals surface area contributed by atoms with Gasteiger partial charge in [-0.3, -0.25) is 4.57 Å². The van der Waals surface area contributed by atoms with E-state index < -0.39 is 0 Å². The molecule has 0 bridgehead atoms. The monoisotopic (exact) mass is 267 g/mol. The molecule has 3 rings (SSSR count). The van der Waals surface area contributed by atoms with Gasteiger partial charge in [0.25, 0.3) is 0 Å². The van der Waals surface area contributed by atoms with Gasteiger partial charge in [0, 0.05) is 13.7 Å². The lowest BCUT2D eigenvalue weighted by atomic mass is 10.2. The van der Waals surface area contributed by atoms with Crippen LogP contribution in [0.3, 0.4) is 0 Å². The maximum absolute atomic E-state index is 5.93. The molecule has 0 aliphatic carbocycles. The predicted octanol–water partition coefficient (Wildman–Crippen LogP) is 2.22. The van der Waals surface area contributed by atoms with Gasteiger partial charge in [0.1, 0.15) is 6.23 Å². The predicted molar refractivity (Wildman–Crippen MR) is 68.7 cm³/mol. The van der Waals surface area contributed by atoms with Gasteiger partial charge < -0.3 is 10.1 Å². The summed E-state index contributed by atoms with van der Waals surface area (Å²) in [6.07, 6.45) is 4.98. The van der Waals surface area contributed by atoms with Crippen LogP contribution in [0.25, 0.3) is 11.2 Å². The lowest BCUT2D eigenvalue weighted by Crippen LogP contribution is -2.17. The molecule has 1 saturated heterocycles. The number of halogens is 1. The maximum atomic E-state index is 5.93. The van der Waals surface area contributed by atoms with Gasteiger partial charge >= 0.3 is 0 Å². The number of hydrogen-bond donors (Lipinski definition) is 1. The molecule has 6 nitrogen and oxygen atoms in total. The van der Waals surface area contributed by atoms with Crippen LogP contribution >= 0.6 is 11.6 Å². The standard InChI is InChI=1S/C11H14ClN5O/c1-13-9-8-10(16-11(12)15-9)17(6-14-8)7-4-2-3-5-18-7/h6-7H,2-5H2,1H3,(H,13,15,16). The quantitative estimate of drug-likeness (QED) is 0.845. The Hall–Kier alpha value is -1.40. The largest absolute Gasteiger partial charge is 0.371 e. The van der Waals surface area contributed by atoms with Gasteiger partial charge in [-0.05, 0) is 30.9 Å². The van der Waals surface area contributed by atoms with E-state index in [1.54, 1.807) is 13.4 Å². The van der Waals surface area contributed by atoms with Gasteiger partial charge in [0.2, 0.25) is 5.28 Å². The van der Waals surface area contributed by atoms with Gasteiger partial charge in [0.15, 0.2) is 17.0 Å². The SMILES string of the molecule is CNc1nc(Cl)nc2c1ncn2C1CCCCO1. The number of anilines is 1. The number of rotatable bonds is 2. The van der Waals surface area contributed by atoms with Crippen LogP contribution in [0.15, 0.2) is 6.33 Å². The second kappa shape index (κ2) is 4.70. The Bertz CT molecular complexity index is 564. The Morgan fingerprint density at radius 2 is 2.33 bits per heavy atom. The summed E-state index contributed by atoms with van der Waals surface area (Å²) in [5.41, 5.74) is 1.43. The number of nitrogens with one attached hydrogen (secondary N) is 1. The van der Waals surface area contributed by atoms with Crippen LogP contribution in [0.1, 0.15) is 25.5 Å². The van der Waals surface area contributed by atoms with Gasteiger partial charge in [0.05, 0.1) is 6.33 Å². The fourth-order valence-corrected chi connectivity index (χ4v) is 2.38. The molecule has 1 N–H and O–H groups in total. The highest BCUT2D eigenvalue weighted by molar-refractivity contribution is 6.28. The molecule has 0 saturated carbocycles. The van der Waals surface area contributed by atoms with Crippen molar-refractivity contribution in [3.8, 4) is 0 Å². The van der Waals surface area contributed by atoms with Crippen molar-refractivity contribution in [1.29, 1.82) is 0 Å². The molecule has 3 heterocycles. The molecule has 7 heteroatoms. The van der Waals surface area contributed by atoms with Crippen molar-refractivity contribution in [2.24, 2.45) is 0 Å². The molecule has 0 radical (unpaired) electrons. The highest BCUT2D eigenvalue weighted by Crippen LogP contribution is 2.28. The smallest absolute Gasteiger partial charge is 0.226 e. The summed E-state index contributed by atoms with van der Waals surface area (Å²) in [6.45, 7) is 0.780. The third kappa shape index (κ3) is 1.91. The molecule has 1 aliphatic rings. The summed E-state index contributed by atoms with van der Waals surface area (Å²) in [4.78, 5) is 12.7. The third-order valence-electron chi connectivity index (χ3n) is 3.10. The fourth-order valence-electron chi connectivity index (χ4n) is 2.22. The van der Waals surface area contributed by atoms with Crippen molar-refractivity contribution < 1.29 is 4.74 Å². The van der Waals surface area contributed by atoms with E-state index in [4.69, 9.17) is 16.3 Å². The van der Waals surface area contributed by atoms with Crippen molar-refractivity contribution in [2.75, 3.05) is 19.0 Å². The molecular weight excluding hydrogens is 254 g/mol. The molecule has 18 heavy (non-hydrogen) atoms. The van der Waals surface area contributed by atoms with Gasteiger partial charge in [-0.2, -0.15) is 9.97 Å². The lowest BCUT2D eigenvalue weighted by molar-refractivity contribution is -0.0298. The third-order valence-corrected chi connectivity index (χ3v) is 3.27. The van der Waals surface area contributed by atoms with Crippen LogP contribution in [0.4, 0.5) is 5.82 Å². The van der Waals surface area contributed by atoms with E-state index in [-0.39, 0.29) is 11.5 Å². The Kier molecular flexibility index (Phi) is 3.05. The first kappa shape index (κ1) is 11.7. The average Bonchev–Trinajstić information content (AvgIpc) is 2.82. The van der Waals surface area contributed by atoms with E-state index in [0.29, 0.717) is 11.5 Å². The first-order chi connectivity index (χ1) is 8.79. The van der Waals surface area contributed by atoms with E-state index >= 15 is 0 Å². The van der Waals surface area contributed by atoms with Crippen LogP contribution in [-0.4, -0.2) is 33.2 Å². The second-order valence-corrected chi connectivity index (χ2v) is 4.57. The minimum absolute atomic E-state index is 0.000534. The highest BCUT2D eigenvalue weighted by Gasteiger charge is 2.20. The zero-order chi connectivity index (χ0) is 12.5. The minimum atomic E-state index is -0.000534. The molecule has 2 aromatic rings. The molecule has 1 fully saturated rings. The second-order valence-electron chi connectivity index (χ2n) is 4.24. The number of fused-ring (bicyclic) bond motifs is 1. The zero-order valence-corrected chi connectivity index (χ0v) is 10.8. The molecule has 1 unspecified atom stereocenters. The number of aromatic nitrogens is 4. The van der Waals surface area contributed by atoms with E-state index in [2.05, 4.69) is 20.3 Å². The molecule has 2 aromatic heterocycles. The minimum Gasteiger partial charge on any atom is -0.371 e. The molecule has 96 valence electrons. The molecule has 1 atom stereocenters. The number of imidazole rings is 1. The summed E-state index contributed by atoms with van der Waals surface area (Å²) in [5.74, 6) is 0.638. The molecular formula is C11H14ClN5O. The van der Waals surface area contributed by atoms with Crippen molar-refractivity contribution in [3.05, 3.63) is 11.6 Å². The zero-order valence-electron chi connectivity index (χ0n) is 10.1.